The predicted molar refractivity (Wildman–Crippen MR) is 70.8 cm³/mol. The Balaban J connectivity index is 1.81. The fourth-order valence-electron chi connectivity index (χ4n) is 1.80. The van der Waals surface area contributed by atoms with Crippen molar-refractivity contribution in [2.24, 2.45) is 0 Å². The Morgan fingerprint density at radius 1 is 1.38 bits per heavy atom. The van der Waals surface area contributed by atoms with Crippen LogP contribution in [-0.4, -0.2) is 24.0 Å². The van der Waals surface area contributed by atoms with Crippen molar-refractivity contribution in [3.8, 4) is 0 Å². The van der Waals surface area contributed by atoms with E-state index in [2.05, 4.69) is 43.2 Å². The van der Waals surface area contributed by atoms with Gasteiger partial charge in [-0.05, 0) is 32.0 Å². The maximum absolute atomic E-state index is 3.46. The van der Waals surface area contributed by atoms with Gasteiger partial charge in [0.2, 0.25) is 0 Å². The van der Waals surface area contributed by atoms with Gasteiger partial charge in [-0.3, -0.25) is 4.90 Å². The Morgan fingerprint density at radius 2 is 2.06 bits per heavy atom. The molecule has 0 aromatic carbocycles. The first-order chi connectivity index (χ1) is 7.65. The van der Waals surface area contributed by atoms with Crippen LogP contribution >= 0.6 is 11.3 Å². The second-order valence-corrected chi connectivity index (χ2v) is 6.30. The fourth-order valence-corrected chi connectivity index (χ4v) is 2.83. The summed E-state index contributed by atoms with van der Waals surface area (Å²) < 4.78 is 0. The minimum Gasteiger partial charge on any atom is -0.310 e. The highest BCUT2D eigenvalue weighted by Crippen LogP contribution is 2.28. The molecule has 0 unspecified atom stereocenters. The van der Waals surface area contributed by atoms with E-state index in [-0.39, 0.29) is 0 Å². The lowest BCUT2D eigenvalue weighted by molar-refractivity contribution is 0.319. The molecule has 1 aromatic rings. The highest BCUT2D eigenvalue weighted by atomic mass is 32.1. The maximum atomic E-state index is 3.46. The summed E-state index contributed by atoms with van der Waals surface area (Å²) in [6.45, 7) is 6.51. The van der Waals surface area contributed by atoms with E-state index < -0.39 is 0 Å². The Kier molecular flexibility index (Phi) is 4.00. The van der Waals surface area contributed by atoms with Crippen molar-refractivity contribution in [1.29, 1.82) is 0 Å². The largest absolute Gasteiger partial charge is 0.310 e. The van der Waals surface area contributed by atoms with E-state index in [0.717, 1.165) is 19.1 Å². The summed E-state index contributed by atoms with van der Waals surface area (Å²) in [5.41, 5.74) is 0. The molecule has 0 aliphatic heterocycles. The Morgan fingerprint density at radius 3 is 2.69 bits per heavy atom. The van der Waals surface area contributed by atoms with Crippen LogP contribution in [0.1, 0.15) is 36.4 Å². The molecule has 3 heteroatoms. The van der Waals surface area contributed by atoms with Crippen LogP contribution in [-0.2, 0) is 13.1 Å². The van der Waals surface area contributed by atoms with Crippen LogP contribution in [0.15, 0.2) is 12.1 Å². The van der Waals surface area contributed by atoms with Crippen molar-refractivity contribution < 1.29 is 0 Å². The number of hydrogen-bond donors (Lipinski definition) is 1. The summed E-state index contributed by atoms with van der Waals surface area (Å²) in [6, 6.07) is 5.97. The second-order valence-electron chi connectivity index (χ2n) is 5.05. The summed E-state index contributed by atoms with van der Waals surface area (Å²) in [4.78, 5) is 5.42. The van der Waals surface area contributed by atoms with Gasteiger partial charge in [0.1, 0.15) is 0 Å². The SMILES string of the molecule is CC(C)NCc1ccc(CN(C)C2CC2)s1. The van der Waals surface area contributed by atoms with Crippen molar-refractivity contribution in [2.45, 2.75) is 51.9 Å². The van der Waals surface area contributed by atoms with Crippen LogP contribution < -0.4 is 5.32 Å². The minimum atomic E-state index is 0.569. The van der Waals surface area contributed by atoms with Crippen molar-refractivity contribution in [1.82, 2.24) is 10.2 Å². The quantitative estimate of drug-likeness (QED) is 0.820. The topological polar surface area (TPSA) is 15.3 Å². The van der Waals surface area contributed by atoms with E-state index in [4.69, 9.17) is 0 Å². The Bertz CT molecular complexity index is 328. The van der Waals surface area contributed by atoms with Gasteiger partial charge in [-0.15, -0.1) is 11.3 Å². The van der Waals surface area contributed by atoms with Gasteiger partial charge in [0.05, 0.1) is 0 Å². The molecular formula is C13H22N2S. The molecule has 0 spiro atoms. The third-order valence-electron chi connectivity index (χ3n) is 2.98. The molecule has 1 N–H and O–H groups in total. The number of nitrogens with one attached hydrogen (secondary N) is 1. The second kappa shape index (κ2) is 5.30. The molecule has 90 valence electrons. The zero-order valence-corrected chi connectivity index (χ0v) is 11.3. The summed E-state index contributed by atoms with van der Waals surface area (Å²) in [7, 11) is 2.24. The smallest absolute Gasteiger partial charge is 0.0327 e. The first-order valence-corrected chi connectivity index (χ1v) is 6.98. The van der Waals surface area contributed by atoms with Crippen molar-refractivity contribution in [3.05, 3.63) is 21.9 Å². The summed E-state index contributed by atoms with van der Waals surface area (Å²) in [5.74, 6) is 0. The van der Waals surface area contributed by atoms with Gasteiger partial charge in [0.25, 0.3) is 0 Å². The summed E-state index contributed by atoms with van der Waals surface area (Å²) in [6.07, 6.45) is 2.78. The molecule has 1 aliphatic rings. The average molecular weight is 238 g/mol. The van der Waals surface area contributed by atoms with Crippen molar-refractivity contribution >= 4 is 11.3 Å². The lowest BCUT2D eigenvalue weighted by Gasteiger charge is -2.13. The van der Waals surface area contributed by atoms with Gasteiger partial charge in [0, 0.05) is 34.9 Å². The van der Waals surface area contributed by atoms with E-state index >= 15 is 0 Å². The van der Waals surface area contributed by atoms with Crippen LogP contribution in [0.4, 0.5) is 0 Å². The molecule has 1 aliphatic carbocycles. The molecule has 0 radical (unpaired) electrons. The molecule has 2 rings (SSSR count). The van der Waals surface area contributed by atoms with Gasteiger partial charge >= 0.3 is 0 Å². The Hall–Kier alpha value is -0.380. The van der Waals surface area contributed by atoms with Crippen molar-refractivity contribution in [3.63, 3.8) is 0 Å². The first-order valence-electron chi connectivity index (χ1n) is 6.16. The molecule has 1 saturated carbocycles. The molecule has 2 nitrogen and oxygen atoms in total. The third kappa shape index (κ3) is 3.58. The zero-order valence-electron chi connectivity index (χ0n) is 10.5. The van der Waals surface area contributed by atoms with Gasteiger partial charge in [-0.25, -0.2) is 0 Å². The third-order valence-corrected chi connectivity index (χ3v) is 4.05. The van der Waals surface area contributed by atoms with Crippen molar-refractivity contribution in [2.75, 3.05) is 7.05 Å². The normalized spacial score (nSPS) is 16.3. The highest BCUT2D eigenvalue weighted by molar-refractivity contribution is 7.11. The monoisotopic (exact) mass is 238 g/mol. The van der Waals surface area contributed by atoms with E-state index in [0.29, 0.717) is 6.04 Å². The fraction of sp³-hybridized carbons (Fsp3) is 0.692. The lowest BCUT2D eigenvalue weighted by Crippen LogP contribution is -2.21. The number of rotatable bonds is 6. The molecular weight excluding hydrogens is 216 g/mol. The standard InChI is InChI=1S/C13H22N2S/c1-10(2)14-8-12-6-7-13(16-12)9-15(3)11-4-5-11/h6-7,10-11,14H,4-5,8-9H2,1-3H3. The van der Waals surface area contributed by atoms with Gasteiger partial charge < -0.3 is 5.32 Å². The van der Waals surface area contributed by atoms with E-state index in [1.54, 1.807) is 0 Å². The minimum absolute atomic E-state index is 0.569. The van der Waals surface area contributed by atoms with Crippen LogP contribution in [0.3, 0.4) is 0 Å². The van der Waals surface area contributed by atoms with Gasteiger partial charge in [0.15, 0.2) is 0 Å². The molecule has 0 saturated heterocycles. The molecule has 0 bridgehead atoms. The van der Waals surface area contributed by atoms with Gasteiger partial charge in [-0.2, -0.15) is 0 Å². The molecule has 16 heavy (non-hydrogen) atoms. The first kappa shape index (κ1) is 12.1. The average Bonchev–Trinajstić information content (AvgIpc) is 2.98. The summed E-state index contributed by atoms with van der Waals surface area (Å²) >= 11 is 1.94. The van der Waals surface area contributed by atoms with E-state index in [1.165, 1.54) is 22.6 Å². The molecule has 0 atom stereocenters. The van der Waals surface area contributed by atoms with E-state index in [1.807, 2.05) is 11.3 Å². The highest BCUT2D eigenvalue weighted by Gasteiger charge is 2.26. The number of nitrogens with zero attached hydrogens (tertiary/aromatic N) is 1. The van der Waals surface area contributed by atoms with Crippen LogP contribution in [0, 0.1) is 0 Å². The molecule has 1 fully saturated rings. The maximum Gasteiger partial charge on any atom is 0.0327 e. The molecule has 1 heterocycles. The van der Waals surface area contributed by atoms with E-state index in [9.17, 15) is 0 Å². The molecule has 0 amide bonds. The number of hydrogen-bond acceptors (Lipinski definition) is 3. The predicted octanol–water partition coefficient (Wildman–Crippen LogP) is 2.84. The zero-order chi connectivity index (χ0) is 11.5. The van der Waals surface area contributed by atoms with Crippen LogP contribution in [0.2, 0.25) is 0 Å². The van der Waals surface area contributed by atoms with Crippen LogP contribution in [0.25, 0.3) is 0 Å². The van der Waals surface area contributed by atoms with Crippen LogP contribution in [0.5, 0.6) is 0 Å². The Labute approximate surface area is 103 Å². The number of thiophene rings is 1. The van der Waals surface area contributed by atoms with Gasteiger partial charge in [-0.1, -0.05) is 13.8 Å². The molecule has 1 aromatic heterocycles. The summed E-state index contributed by atoms with van der Waals surface area (Å²) in [5, 5.41) is 3.46. The lowest BCUT2D eigenvalue weighted by atomic mass is 10.3.